The zero-order valence-electron chi connectivity index (χ0n) is 11.0. The third kappa shape index (κ3) is 3.66. The highest BCUT2D eigenvalue weighted by molar-refractivity contribution is 5.33. The summed E-state index contributed by atoms with van der Waals surface area (Å²) in [5, 5.41) is 17.6. The third-order valence-electron chi connectivity index (χ3n) is 3.42. The van der Waals surface area contributed by atoms with Gasteiger partial charge in [-0.05, 0) is 37.0 Å². The van der Waals surface area contributed by atoms with Gasteiger partial charge in [-0.3, -0.25) is 0 Å². The number of hydrogen-bond donors (Lipinski definition) is 1. The largest absolute Gasteiger partial charge is 0.396 e. The second-order valence-electron chi connectivity index (χ2n) is 4.77. The Morgan fingerprint density at radius 3 is 2.84 bits per heavy atom. The number of ether oxygens (including phenoxy) is 1. The van der Waals surface area contributed by atoms with E-state index in [0.717, 1.165) is 25.0 Å². The third-order valence-corrected chi connectivity index (χ3v) is 3.42. The van der Waals surface area contributed by atoms with Crippen molar-refractivity contribution in [2.45, 2.75) is 25.4 Å². The normalized spacial score (nSPS) is 23.4. The minimum Gasteiger partial charge on any atom is -0.396 e. The highest BCUT2D eigenvalue weighted by Gasteiger charge is 2.25. The van der Waals surface area contributed by atoms with E-state index in [2.05, 4.69) is 12.1 Å². The first-order valence-corrected chi connectivity index (χ1v) is 6.74. The molecular formula is C16H19NO2. The van der Waals surface area contributed by atoms with Gasteiger partial charge >= 0.3 is 0 Å². The van der Waals surface area contributed by atoms with Crippen LogP contribution in [0.1, 0.15) is 36.5 Å². The monoisotopic (exact) mass is 257 g/mol. The van der Waals surface area contributed by atoms with Gasteiger partial charge in [0.1, 0.15) is 0 Å². The van der Waals surface area contributed by atoms with Crippen LogP contribution >= 0.6 is 0 Å². The van der Waals surface area contributed by atoms with Crippen LogP contribution in [0.3, 0.4) is 0 Å². The van der Waals surface area contributed by atoms with Gasteiger partial charge in [0.25, 0.3) is 0 Å². The second kappa shape index (κ2) is 7.08. The van der Waals surface area contributed by atoms with Gasteiger partial charge < -0.3 is 9.84 Å². The Hall–Kier alpha value is -1.63. The Labute approximate surface area is 114 Å². The van der Waals surface area contributed by atoms with Gasteiger partial charge in [0, 0.05) is 19.1 Å². The van der Waals surface area contributed by atoms with Crippen molar-refractivity contribution in [1.82, 2.24) is 0 Å². The summed E-state index contributed by atoms with van der Waals surface area (Å²) < 4.78 is 5.88. The van der Waals surface area contributed by atoms with Crippen LogP contribution in [0.25, 0.3) is 0 Å². The second-order valence-corrected chi connectivity index (χ2v) is 4.77. The summed E-state index contributed by atoms with van der Waals surface area (Å²) in [5.41, 5.74) is 1.80. The summed E-state index contributed by atoms with van der Waals surface area (Å²) in [7, 11) is 0. The number of aliphatic hydroxyl groups is 1. The fourth-order valence-corrected chi connectivity index (χ4v) is 2.44. The SMILES string of the molecule is N#Cc1ccc([C@H]2OCCC[C@@H]2/C=C/CCO)cc1. The fraction of sp³-hybridized carbons (Fsp3) is 0.438. The number of nitrogens with zero attached hydrogens (tertiary/aromatic N) is 1. The van der Waals surface area contributed by atoms with E-state index in [1.807, 2.05) is 30.3 Å². The molecule has 0 bridgehead atoms. The molecule has 0 saturated carbocycles. The number of benzene rings is 1. The minimum absolute atomic E-state index is 0.0661. The smallest absolute Gasteiger partial charge is 0.0991 e. The molecular weight excluding hydrogens is 238 g/mol. The molecule has 1 aliphatic rings. The zero-order chi connectivity index (χ0) is 13.5. The molecule has 1 aliphatic heterocycles. The summed E-state index contributed by atoms with van der Waals surface area (Å²) in [6.45, 7) is 0.973. The Balaban J connectivity index is 2.11. The van der Waals surface area contributed by atoms with Crippen molar-refractivity contribution in [3.8, 4) is 6.07 Å². The highest BCUT2D eigenvalue weighted by atomic mass is 16.5. The van der Waals surface area contributed by atoms with Gasteiger partial charge in [0.2, 0.25) is 0 Å². The lowest BCUT2D eigenvalue weighted by Gasteiger charge is -2.30. The van der Waals surface area contributed by atoms with Gasteiger partial charge in [-0.1, -0.05) is 24.3 Å². The molecule has 100 valence electrons. The average Bonchev–Trinajstić information content (AvgIpc) is 2.48. The lowest BCUT2D eigenvalue weighted by molar-refractivity contribution is -0.0126. The first kappa shape index (κ1) is 13.8. The molecule has 2 atom stereocenters. The zero-order valence-corrected chi connectivity index (χ0v) is 11.0. The molecule has 3 nitrogen and oxygen atoms in total. The van der Waals surface area contributed by atoms with Crippen LogP contribution in [0.5, 0.6) is 0 Å². The van der Waals surface area contributed by atoms with Gasteiger partial charge in [-0.2, -0.15) is 5.26 Å². The lowest BCUT2D eigenvalue weighted by atomic mass is 9.88. The summed E-state index contributed by atoms with van der Waals surface area (Å²) in [4.78, 5) is 0. The molecule has 2 rings (SSSR count). The first-order valence-electron chi connectivity index (χ1n) is 6.74. The highest BCUT2D eigenvalue weighted by Crippen LogP contribution is 2.34. The van der Waals surface area contributed by atoms with E-state index in [1.165, 1.54) is 0 Å². The van der Waals surface area contributed by atoms with E-state index < -0.39 is 0 Å². The van der Waals surface area contributed by atoms with Crippen molar-refractivity contribution in [2.75, 3.05) is 13.2 Å². The molecule has 0 spiro atoms. The maximum absolute atomic E-state index is 8.82. The molecule has 1 N–H and O–H groups in total. The van der Waals surface area contributed by atoms with E-state index in [-0.39, 0.29) is 12.7 Å². The quantitative estimate of drug-likeness (QED) is 0.844. The fourth-order valence-electron chi connectivity index (χ4n) is 2.44. The van der Waals surface area contributed by atoms with Crippen molar-refractivity contribution in [1.29, 1.82) is 5.26 Å². The van der Waals surface area contributed by atoms with Crippen LogP contribution in [0.4, 0.5) is 0 Å². The molecule has 0 radical (unpaired) electrons. The Morgan fingerprint density at radius 2 is 2.16 bits per heavy atom. The number of nitriles is 1. The molecule has 1 aromatic rings. The van der Waals surface area contributed by atoms with Crippen LogP contribution < -0.4 is 0 Å². The van der Waals surface area contributed by atoms with Crippen LogP contribution in [0, 0.1) is 17.2 Å². The average molecular weight is 257 g/mol. The van der Waals surface area contributed by atoms with E-state index in [0.29, 0.717) is 17.9 Å². The number of rotatable bonds is 4. The molecule has 0 amide bonds. The molecule has 1 aromatic carbocycles. The predicted octanol–water partition coefficient (Wildman–Crippen LogP) is 2.96. The van der Waals surface area contributed by atoms with Crippen LogP contribution in [-0.4, -0.2) is 18.3 Å². The minimum atomic E-state index is 0.0661. The van der Waals surface area contributed by atoms with Crippen molar-refractivity contribution in [3.05, 3.63) is 47.5 Å². The summed E-state index contributed by atoms with van der Waals surface area (Å²) in [5.74, 6) is 0.355. The summed E-state index contributed by atoms with van der Waals surface area (Å²) in [6.07, 6.45) is 7.11. The van der Waals surface area contributed by atoms with Gasteiger partial charge in [0.15, 0.2) is 0 Å². The van der Waals surface area contributed by atoms with E-state index >= 15 is 0 Å². The molecule has 3 heteroatoms. The molecule has 19 heavy (non-hydrogen) atoms. The molecule has 0 aromatic heterocycles. The first-order chi connectivity index (χ1) is 9.35. The van der Waals surface area contributed by atoms with Crippen molar-refractivity contribution >= 4 is 0 Å². The van der Waals surface area contributed by atoms with Crippen molar-refractivity contribution < 1.29 is 9.84 Å². The van der Waals surface area contributed by atoms with Crippen LogP contribution in [0.15, 0.2) is 36.4 Å². The molecule has 0 aliphatic carbocycles. The topological polar surface area (TPSA) is 53.2 Å². The molecule has 1 saturated heterocycles. The predicted molar refractivity (Wildman–Crippen MR) is 73.4 cm³/mol. The summed E-state index contributed by atoms with van der Waals surface area (Å²) >= 11 is 0. The van der Waals surface area contributed by atoms with E-state index in [4.69, 9.17) is 15.1 Å². The van der Waals surface area contributed by atoms with Gasteiger partial charge in [0.05, 0.1) is 17.7 Å². The Morgan fingerprint density at radius 1 is 1.37 bits per heavy atom. The van der Waals surface area contributed by atoms with E-state index in [9.17, 15) is 0 Å². The molecule has 1 fully saturated rings. The van der Waals surface area contributed by atoms with Crippen LogP contribution in [-0.2, 0) is 4.74 Å². The Bertz CT molecular complexity index is 459. The molecule has 1 heterocycles. The van der Waals surface area contributed by atoms with Crippen molar-refractivity contribution in [3.63, 3.8) is 0 Å². The lowest BCUT2D eigenvalue weighted by Crippen LogP contribution is -2.21. The summed E-state index contributed by atoms with van der Waals surface area (Å²) in [6, 6.07) is 9.75. The van der Waals surface area contributed by atoms with Crippen molar-refractivity contribution in [2.24, 2.45) is 5.92 Å². The van der Waals surface area contributed by atoms with Gasteiger partial charge in [-0.25, -0.2) is 0 Å². The maximum Gasteiger partial charge on any atom is 0.0991 e. The van der Waals surface area contributed by atoms with E-state index in [1.54, 1.807) is 0 Å². The maximum atomic E-state index is 8.82. The number of hydrogen-bond acceptors (Lipinski definition) is 3. The van der Waals surface area contributed by atoms with Crippen LogP contribution in [0.2, 0.25) is 0 Å². The standard InChI is InChI=1S/C16H19NO2/c17-12-13-6-8-15(9-7-13)16-14(4-1-2-10-18)5-3-11-19-16/h1,4,6-9,14,16,18H,2-3,5,10-11H2/b4-1+/t14-,16-/m0/s1. The van der Waals surface area contributed by atoms with Gasteiger partial charge in [-0.15, -0.1) is 0 Å². The number of aliphatic hydroxyl groups excluding tert-OH is 1. The molecule has 0 unspecified atom stereocenters. The Kier molecular flexibility index (Phi) is 5.14.